The van der Waals surface area contributed by atoms with Crippen molar-refractivity contribution in [3.63, 3.8) is 0 Å². The van der Waals surface area contributed by atoms with E-state index in [0.29, 0.717) is 26.3 Å². The Morgan fingerprint density at radius 1 is 1.33 bits per heavy atom. The zero-order valence-electron chi connectivity index (χ0n) is 6.47. The van der Waals surface area contributed by atoms with Crippen molar-refractivity contribution in [3.8, 4) is 0 Å². The average molecular weight is 181 g/mol. The number of hydrogen-bond acceptors (Lipinski definition) is 2. The standard InChI is InChI=1S/C7H10F3NO/c8-6(7(9)10)5-11-1-3-12-4-2-11/h5,7H,1-4H2/b6-5-. The molecule has 0 bridgehead atoms. The quantitative estimate of drug-likeness (QED) is 0.638. The Kier molecular flexibility index (Phi) is 3.40. The van der Waals surface area contributed by atoms with Crippen LogP contribution in [0.5, 0.6) is 0 Å². The Bertz CT molecular complexity index is 166. The van der Waals surface area contributed by atoms with Crippen LogP contribution in [0.4, 0.5) is 13.2 Å². The van der Waals surface area contributed by atoms with Crippen LogP contribution in [0.2, 0.25) is 0 Å². The van der Waals surface area contributed by atoms with Gasteiger partial charge in [0.05, 0.1) is 13.2 Å². The summed E-state index contributed by atoms with van der Waals surface area (Å²) in [4.78, 5) is 1.49. The Balaban J connectivity index is 2.41. The van der Waals surface area contributed by atoms with E-state index in [1.54, 1.807) is 0 Å². The van der Waals surface area contributed by atoms with Crippen molar-refractivity contribution >= 4 is 0 Å². The van der Waals surface area contributed by atoms with Crippen LogP contribution in [0.25, 0.3) is 0 Å². The van der Waals surface area contributed by atoms with Gasteiger partial charge in [-0.25, -0.2) is 13.2 Å². The molecule has 0 radical (unpaired) electrons. The van der Waals surface area contributed by atoms with Crippen molar-refractivity contribution in [2.45, 2.75) is 6.43 Å². The van der Waals surface area contributed by atoms with E-state index in [-0.39, 0.29) is 0 Å². The van der Waals surface area contributed by atoms with Gasteiger partial charge in [-0.05, 0) is 0 Å². The normalized spacial score (nSPS) is 20.3. The second-order valence-corrected chi connectivity index (χ2v) is 2.46. The van der Waals surface area contributed by atoms with Gasteiger partial charge >= 0.3 is 0 Å². The molecule has 0 N–H and O–H groups in total. The first-order valence-electron chi connectivity index (χ1n) is 3.67. The van der Waals surface area contributed by atoms with Crippen molar-refractivity contribution in [3.05, 3.63) is 12.0 Å². The van der Waals surface area contributed by atoms with E-state index in [1.165, 1.54) is 4.90 Å². The Hall–Kier alpha value is -0.710. The first-order chi connectivity index (χ1) is 5.70. The number of morpholine rings is 1. The van der Waals surface area contributed by atoms with Gasteiger partial charge in [-0.3, -0.25) is 0 Å². The van der Waals surface area contributed by atoms with Crippen LogP contribution >= 0.6 is 0 Å². The summed E-state index contributed by atoms with van der Waals surface area (Å²) in [5, 5.41) is 0. The van der Waals surface area contributed by atoms with Gasteiger partial charge in [0.2, 0.25) is 0 Å². The lowest BCUT2D eigenvalue weighted by Gasteiger charge is -2.25. The van der Waals surface area contributed by atoms with E-state index >= 15 is 0 Å². The van der Waals surface area contributed by atoms with Crippen LogP contribution < -0.4 is 0 Å². The molecule has 0 atom stereocenters. The van der Waals surface area contributed by atoms with Gasteiger partial charge in [-0.1, -0.05) is 0 Å². The summed E-state index contributed by atoms with van der Waals surface area (Å²) in [6.07, 6.45) is -2.15. The minimum absolute atomic E-state index is 0.465. The van der Waals surface area contributed by atoms with Gasteiger partial charge < -0.3 is 9.64 Å². The van der Waals surface area contributed by atoms with E-state index in [4.69, 9.17) is 4.74 Å². The number of ether oxygens (including phenoxy) is 1. The van der Waals surface area contributed by atoms with Gasteiger partial charge in [-0.15, -0.1) is 0 Å². The van der Waals surface area contributed by atoms with Crippen molar-refractivity contribution in [1.29, 1.82) is 0 Å². The maximum Gasteiger partial charge on any atom is 0.290 e. The lowest BCUT2D eigenvalue weighted by molar-refractivity contribution is 0.0561. The minimum Gasteiger partial charge on any atom is -0.378 e. The number of halogens is 3. The largest absolute Gasteiger partial charge is 0.378 e. The third-order valence-electron chi connectivity index (χ3n) is 1.56. The SMILES string of the molecule is F/C(=C\N1CCOCC1)C(F)F. The molecule has 1 heterocycles. The van der Waals surface area contributed by atoms with Crippen LogP contribution in [-0.4, -0.2) is 37.6 Å². The number of rotatable bonds is 2. The van der Waals surface area contributed by atoms with E-state index in [0.717, 1.165) is 6.20 Å². The van der Waals surface area contributed by atoms with Gasteiger partial charge in [0.15, 0.2) is 5.83 Å². The number of hydrogen-bond donors (Lipinski definition) is 0. The van der Waals surface area contributed by atoms with Crippen molar-refractivity contribution in [1.82, 2.24) is 4.90 Å². The molecule has 2 nitrogen and oxygen atoms in total. The molecule has 0 unspecified atom stereocenters. The molecule has 0 aliphatic carbocycles. The summed E-state index contributed by atoms with van der Waals surface area (Å²) in [6, 6.07) is 0. The topological polar surface area (TPSA) is 12.5 Å². The van der Waals surface area contributed by atoms with Gasteiger partial charge in [0.1, 0.15) is 0 Å². The average Bonchev–Trinajstić information content (AvgIpc) is 2.06. The fourth-order valence-electron chi connectivity index (χ4n) is 0.937. The highest BCUT2D eigenvalue weighted by molar-refractivity contribution is 4.94. The Labute approximate surface area is 68.6 Å². The molecule has 1 rings (SSSR count). The van der Waals surface area contributed by atoms with Crippen LogP contribution in [0.1, 0.15) is 0 Å². The second kappa shape index (κ2) is 4.35. The summed E-state index contributed by atoms with van der Waals surface area (Å²) in [7, 11) is 0. The predicted molar refractivity (Wildman–Crippen MR) is 37.6 cm³/mol. The molecule has 5 heteroatoms. The van der Waals surface area contributed by atoms with Crippen LogP contribution in [0.15, 0.2) is 12.0 Å². The molecule has 0 aromatic rings. The van der Waals surface area contributed by atoms with E-state index in [1.807, 2.05) is 0 Å². The molecule has 1 fully saturated rings. The highest BCUT2D eigenvalue weighted by Crippen LogP contribution is 2.11. The smallest absolute Gasteiger partial charge is 0.290 e. The highest BCUT2D eigenvalue weighted by atomic mass is 19.3. The van der Waals surface area contributed by atoms with Gasteiger partial charge in [0, 0.05) is 19.3 Å². The molecular weight excluding hydrogens is 171 g/mol. The lowest BCUT2D eigenvalue weighted by atomic mass is 10.4. The van der Waals surface area contributed by atoms with Gasteiger partial charge in [0.25, 0.3) is 6.43 Å². The first kappa shape index (κ1) is 9.38. The zero-order chi connectivity index (χ0) is 8.97. The third-order valence-corrected chi connectivity index (χ3v) is 1.56. The molecule has 1 aliphatic rings. The molecule has 70 valence electrons. The van der Waals surface area contributed by atoms with Crippen molar-refractivity contribution in [2.75, 3.05) is 26.3 Å². The molecular formula is C7H10F3NO. The summed E-state index contributed by atoms with van der Waals surface area (Å²) in [6.45, 7) is 1.88. The maximum atomic E-state index is 12.3. The number of allylic oxidation sites excluding steroid dienone is 1. The molecule has 12 heavy (non-hydrogen) atoms. The lowest BCUT2D eigenvalue weighted by Crippen LogP contribution is -2.32. The van der Waals surface area contributed by atoms with E-state index in [9.17, 15) is 13.2 Å². The molecule has 0 saturated carbocycles. The monoisotopic (exact) mass is 181 g/mol. The second-order valence-electron chi connectivity index (χ2n) is 2.46. The highest BCUT2D eigenvalue weighted by Gasteiger charge is 2.13. The van der Waals surface area contributed by atoms with Crippen LogP contribution in [0, 0.1) is 0 Å². The zero-order valence-corrected chi connectivity index (χ0v) is 6.47. The van der Waals surface area contributed by atoms with Crippen molar-refractivity contribution < 1.29 is 17.9 Å². The van der Waals surface area contributed by atoms with Crippen LogP contribution in [-0.2, 0) is 4.74 Å². The fraction of sp³-hybridized carbons (Fsp3) is 0.714. The molecule has 0 amide bonds. The van der Waals surface area contributed by atoms with Gasteiger partial charge in [-0.2, -0.15) is 0 Å². The number of nitrogens with zero attached hydrogens (tertiary/aromatic N) is 1. The number of alkyl halides is 2. The fourth-order valence-corrected chi connectivity index (χ4v) is 0.937. The Morgan fingerprint density at radius 2 is 1.92 bits per heavy atom. The first-order valence-corrected chi connectivity index (χ1v) is 3.67. The van der Waals surface area contributed by atoms with Crippen molar-refractivity contribution in [2.24, 2.45) is 0 Å². The third kappa shape index (κ3) is 2.73. The molecule has 1 aliphatic heterocycles. The summed E-state index contributed by atoms with van der Waals surface area (Å²) in [5.41, 5.74) is 0. The van der Waals surface area contributed by atoms with E-state index in [2.05, 4.69) is 0 Å². The molecule has 0 aromatic heterocycles. The minimum atomic E-state index is -3.01. The molecule has 0 spiro atoms. The summed E-state index contributed by atoms with van der Waals surface area (Å²) in [5.74, 6) is -1.38. The molecule has 1 saturated heterocycles. The maximum absolute atomic E-state index is 12.3. The summed E-state index contributed by atoms with van der Waals surface area (Å²) < 4.78 is 40.7. The molecule has 0 aromatic carbocycles. The van der Waals surface area contributed by atoms with E-state index < -0.39 is 12.3 Å². The predicted octanol–water partition coefficient (Wildman–Crippen LogP) is 1.39. The Morgan fingerprint density at radius 3 is 2.42 bits per heavy atom. The van der Waals surface area contributed by atoms with Crippen LogP contribution in [0.3, 0.4) is 0 Å². The summed E-state index contributed by atoms with van der Waals surface area (Å²) >= 11 is 0.